The Morgan fingerprint density at radius 2 is 1.90 bits per heavy atom. The number of aliphatic imine (C=N–C) groups is 1. The van der Waals surface area contributed by atoms with E-state index < -0.39 is 5.97 Å². The predicted octanol–water partition coefficient (Wildman–Crippen LogP) is 3.10. The van der Waals surface area contributed by atoms with E-state index in [1.165, 1.54) is 12.1 Å². The Labute approximate surface area is 120 Å². The van der Waals surface area contributed by atoms with Crippen LogP contribution in [-0.4, -0.2) is 17.0 Å². The Morgan fingerprint density at radius 1 is 1.20 bits per heavy atom. The van der Waals surface area contributed by atoms with Gasteiger partial charge in [-0.3, -0.25) is 0 Å². The summed E-state index contributed by atoms with van der Waals surface area (Å²) in [4.78, 5) is 15.0. The zero-order chi connectivity index (χ0) is 14.5. The zero-order valence-electron chi connectivity index (χ0n) is 10.4. The summed E-state index contributed by atoms with van der Waals surface area (Å²) in [7, 11) is 0. The van der Waals surface area contributed by atoms with E-state index in [1.54, 1.807) is 6.07 Å². The number of rotatable bonds is 3. The van der Waals surface area contributed by atoms with Crippen LogP contribution in [0.1, 0.15) is 10.4 Å². The van der Waals surface area contributed by atoms with Gasteiger partial charge in [0.25, 0.3) is 0 Å². The highest BCUT2D eigenvalue weighted by molar-refractivity contribution is 6.33. The van der Waals surface area contributed by atoms with Crippen molar-refractivity contribution >= 4 is 34.9 Å². The fraction of sp³-hybridized carbons (Fsp3) is 0. The van der Waals surface area contributed by atoms with Crippen LogP contribution in [0.25, 0.3) is 0 Å². The molecule has 0 aliphatic rings. The number of benzene rings is 2. The number of carboxylic acid groups (broad SMARTS) is 1. The van der Waals surface area contributed by atoms with Gasteiger partial charge in [-0.1, -0.05) is 29.8 Å². The Morgan fingerprint density at radius 3 is 2.50 bits per heavy atom. The topological polar surface area (TPSA) is 87.7 Å². The van der Waals surface area contributed by atoms with Crippen LogP contribution in [0, 0.1) is 0 Å². The Kier molecular flexibility index (Phi) is 4.22. The molecule has 0 fully saturated rings. The average Bonchev–Trinajstić information content (AvgIpc) is 2.39. The van der Waals surface area contributed by atoms with Crippen molar-refractivity contribution in [1.29, 1.82) is 0 Å². The first kappa shape index (κ1) is 13.9. The van der Waals surface area contributed by atoms with Crippen LogP contribution >= 0.6 is 11.6 Å². The van der Waals surface area contributed by atoms with Crippen LogP contribution in [0.3, 0.4) is 0 Å². The number of carboxylic acids is 1. The summed E-state index contributed by atoms with van der Waals surface area (Å²) < 4.78 is 0. The molecule has 4 N–H and O–H groups in total. The minimum atomic E-state index is -1.08. The molecule has 102 valence electrons. The van der Waals surface area contributed by atoms with Gasteiger partial charge >= 0.3 is 5.97 Å². The van der Waals surface area contributed by atoms with Crippen molar-refractivity contribution in [2.75, 3.05) is 5.32 Å². The van der Waals surface area contributed by atoms with Gasteiger partial charge in [0.2, 0.25) is 0 Å². The molecule has 0 bridgehead atoms. The number of nitrogens with one attached hydrogen (secondary N) is 1. The predicted molar refractivity (Wildman–Crippen MR) is 79.8 cm³/mol. The van der Waals surface area contributed by atoms with Crippen molar-refractivity contribution in [3.05, 3.63) is 59.1 Å². The second-order valence-electron chi connectivity index (χ2n) is 3.96. The summed E-state index contributed by atoms with van der Waals surface area (Å²) in [6.45, 7) is 0. The highest BCUT2D eigenvalue weighted by Gasteiger charge is 2.09. The van der Waals surface area contributed by atoms with Crippen molar-refractivity contribution in [1.82, 2.24) is 0 Å². The summed E-state index contributed by atoms with van der Waals surface area (Å²) in [5.74, 6) is -0.886. The van der Waals surface area contributed by atoms with Gasteiger partial charge in [0, 0.05) is 5.69 Å². The number of anilines is 1. The normalized spacial score (nSPS) is 11.2. The van der Waals surface area contributed by atoms with Crippen molar-refractivity contribution in [2.24, 2.45) is 10.7 Å². The van der Waals surface area contributed by atoms with Crippen LogP contribution in [0.5, 0.6) is 0 Å². The van der Waals surface area contributed by atoms with E-state index in [-0.39, 0.29) is 16.5 Å². The van der Waals surface area contributed by atoms with Gasteiger partial charge in [-0.15, -0.1) is 0 Å². The second kappa shape index (κ2) is 6.08. The third-order valence-corrected chi connectivity index (χ3v) is 2.79. The molecule has 0 saturated carbocycles. The minimum Gasteiger partial charge on any atom is -0.478 e. The summed E-state index contributed by atoms with van der Waals surface area (Å²) in [5.41, 5.74) is 7.08. The molecular weight excluding hydrogens is 278 g/mol. The van der Waals surface area contributed by atoms with E-state index in [1.807, 2.05) is 30.3 Å². The number of aromatic carboxylic acids is 1. The van der Waals surface area contributed by atoms with E-state index >= 15 is 0 Å². The lowest BCUT2D eigenvalue weighted by Gasteiger charge is -2.07. The lowest BCUT2D eigenvalue weighted by atomic mass is 10.2. The maximum atomic E-state index is 10.8. The fourth-order valence-electron chi connectivity index (χ4n) is 1.58. The molecule has 0 spiro atoms. The molecule has 2 rings (SSSR count). The van der Waals surface area contributed by atoms with Crippen molar-refractivity contribution in [2.45, 2.75) is 0 Å². The van der Waals surface area contributed by atoms with Crippen LogP contribution in [0.4, 0.5) is 11.4 Å². The summed E-state index contributed by atoms with van der Waals surface area (Å²) in [6, 6.07) is 13.7. The van der Waals surface area contributed by atoms with E-state index in [0.717, 1.165) is 0 Å². The first-order valence-electron chi connectivity index (χ1n) is 5.75. The number of hydrogen-bond acceptors (Lipinski definition) is 2. The van der Waals surface area contributed by atoms with Gasteiger partial charge in [-0.2, -0.15) is 0 Å². The van der Waals surface area contributed by atoms with Crippen LogP contribution in [0.15, 0.2) is 53.5 Å². The van der Waals surface area contributed by atoms with E-state index in [9.17, 15) is 4.79 Å². The maximum absolute atomic E-state index is 10.8. The maximum Gasteiger partial charge on any atom is 0.337 e. The van der Waals surface area contributed by atoms with Gasteiger partial charge in [0.05, 0.1) is 16.3 Å². The Hall–Kier alpha value is -2.53. The molecular formula is C14H12ClN3O2. The highest BCUT2D eigenvalue weighted by Crippen LogP contribution is 2.21. The molecule has 0 unspecified atom stereocenters. The molecule has 0 heterocycles. The monoisotopic (exact) mass is 289 g/mol. The fourth-order valence-corrected chi connectivity index (χ4v) is 1.85. The largest absolute Gasteiger partial charge is 0.478 e. The number of hydrogen-bond donors (Lipinski definition) is 3. The molecule has 0 aromatic heterocycles. The van der Waals surface area contributed by atoms with Crippen LogP contribution < -0.4 is 11.1 Å². The van der Waals surface area contributed by atoms with Crippen molar-refractivity contribution in [3.63, 3.8) is 0 Å². The molecule has 0 saturated heterocycles. The number of para-hydroxylation sites is 1. The third kappa shape index (κ3) is 3.49. The summed E-state index contributed by atoms with van der Waals surface area (Å²) in [6.07, 6.45) is 0. The van der Waals surface area contributed by atoms with Gasteiger partial charge in [0.1, 0.15) is 0 Å². The van der Waals surface area contributed by atoms with E-state index in [2.05, 4.69) is 10.3 Å². The lowest BCUT2D eigenvalue weighted by molar-refractivity contribution is 0.0697. The lowest BCUT2D eigenvalue weighted by Crippen LogP contribution is -2.22. The number of guanidine groups is 1. The molecule has 5 nitrogen and oxygen atoms in total. The first-order valence-corrected chi connectivity index (χ1v) is 6.13. The molecule has 0 atom stereocenters. The zero-order valence-corrected chi connectivity index (χ0v) is 11.1. The van der Waals surface area contributed by atoms with Gasteiger partial charge < -0.3 is 16.2 Å². The molecule has 20 heavy (non-hydrogen) atoms. The third-order valence-electron chi connectivity index (χ3n) is 2.48. The number of nitrogens with two attached hydrogens (primary N) is 1. The van der Waals surface area contributed by atoms with Gasteiger partial charge in [-0.05, 0) is 30.3 Å². The molecule has 0 aliphatic heterocycles. The second-order valence-corrected chi connectivity index (χ2v) is 4.36. The van der Waals surface area contributed by atoms with Gasteiger partial charge in [0.15, 0.2) is 5.96 Å². The summed E-state index contributed by atoms with van der Waals surface area (Å²) in [5, 5.41) is 11.9. The molecule has 0 radical (unpaired) electrons. The average molecular weight is 290 g/mol. The van der Waals surface area contributed by atoms with Crippen molar-refractivity contribution < 1.29 is 9.90 Å². The molecule has 0 amide bonds. The van der Waals surface area contributed by atoms with Crippen LogP contribution in [0.2, 0.25) is 5.02 Å². The molecule has 2 aromatic rings. The van der Waals surface area contributed by atoms with E-state index in [0.29, 0.717) is 11.4 Å². The van der Waals surface area contributed by atoms with E-state index in [4.69, 9.17) is 22.4 Å². The first-order chi connectivity index (χ1) is 9.56. The number of nitrogens with zero attached hydrogens (tertiary/aromatic N) is 1. The number of halogens is 1. The number of carbonyl (C=O) groups is 1. The highest BCUT2D eigenvalue weighted by atomic mass is 35.5. The minimum absolute atomic E-state index is 0.0378. The quantitative estimate of drug-likeness (QED) is 0.598. The SMILES string of the molecule is NC(=Nc1ccccc1)Nc1ccc(C(=O)O)c(Cl)c1. The van der Waals surface area contributed by atoms with Gasteiger partial charge in [-0.25, -0.2) is 9.79 Å². The molecule has 0 aliphatic carbocycles. The molecule has 6 heteroatoms. The standard InChI is InChI=1S/C14H12ClN3O2/c15-12-8-10(6-7-11(12)13(19)20)18-14(16)17-9-4-2-1-3-5-9/h1-8H,(H,19,20)(H3,16,17,18). The Bertz CT molecular complexity index is 657. The van der Waals surface area contributed by atoms with Crippen LogP contribution in [-0.2, 0) is 0 Å². The smallest absolute Gasteiger partial charge is 0.337 e. The Balaban J connectivity index is 2.16. The van der Waals surface area contributed by atoms with Crippen molar-refractivity contribution in [3.8, 4) is 0 Å². The summed E-state index contributed by atoms with van der Waals surface area (Å²) >= 11 is 5.87. The molecule has 2 aromatic carbocycles.